The summed E-state index contributed by atoms with van der Waals surface area (Å²) in [7, 11) is 3.93. The molecule has 2 heterocycles. The molecule has 2 aromatic heterocycles. The van der Waals surface area contributed by atoms with Gasteiger partial charge < -0.3 is 0 Å². The molecule has 0 amide bonds. The number of pyridine rings is 1. The van der Waals surface area contributed by atoms with Gasteiger partial charge in [0.2, 0.25) is 0 Å². The summed E-state index contributed by atoms with van der Waals surface area (Å²) in [6, 6.07) is 5.86. The van der Waals surface area contributed by atoms with Crippen LogP contribution >= 0.6 is 11.3 Å². The summed E-state index contributed by atoms with van der Waals surface area (Å²) in [5.41, 5.74) is 5.16. The van der Waals surface area contributed by atoms with Gasteiger partial charge in [0.1, 0.15) is 5.01 Å². The van der Waals surface area contributed by atoms with Gasteiger partial charge in [-0.15, -0.1) is 11.3 Å². The first-order valence-corrected chi connectivity index (χ1v) is 5.90. The molecule has 0 radical (unpaired) electrons. The first kappa shape index (κ1) is 11.2. The second-order valence-electron chi connectivity index (χ2n) is 3.59. The molecule has 0 fully saturated rings. The van der Waals surface area contributed by atoms with Crippen LogP contribution in [-0.4, -0.2) is 29.1 Å². The van der Waals surface area contributed by atoms with Crippen LogP contribution in [0.2, 0.25) is 0 Å². The van der Waals surface area contributed by atoms with Crippen molar-refractivity contribution in [1.29, 1.82) is 0 Å². The number of hydrogen-bond donors (Lipinski definition) is 1. The molecule has 84 valence electrons. The standard InChI is InChI=1S/C11H14N4S/c1-15(2)13-7-9-8-16-11(14-9)10-5-3-4-6-12-10/h3-6,8,13H,7H2,1-2H3. The average molecular weight is 234 g/mol. The number of hydrogen-bond acceptors (Lipinski definition) is 5. The maximum absolute atomic E-state index is 4.52. The van der Waals surface area contributed by atoms with E-state index in [1.54, 1.807) is 17.5 Å². The van der Waals surface area contributed by atoms with Gasteiger partial charge in [0.05, 0.1) is 17.9 Å². The lowest BCUT2D eigenvalue weighted by Crippen LogP contribution is -2.29. The first-order valence-electron chi connectivity index (χ1n) is 5.02. The fourth-order valence-corrected chi connectivity index (χ4v) is 2.03. The zero-order valence-corrected chi connectivity index (χ0v) is 10.2. The Morgan fingerprint density at radius 1 is 1.38 bits per heavy atom. The van der Waals surface area contributed by atoms with Gasteiger partial charge in [-0.3, -0.25) is 9.99 Å². The van der Waals surface area contributed by atoms with Crippen molar-refractivity contribution in [2.75, 3.05) is 14.1 Å². The number of nitrogens with one attached hydrogen (secondary N) is 1. The van der Waals surface area contributed by atoms with E-state index in [0.717, 1.165) is 22.9 Å². The molecule has 0 atom stereocenters. The van der Waals surface area contributed by atoms with Crippen molar-refractivity contribution in [3.8, 4) is 10.7 Å². The third kappa shape index (κ3) is 2.85. The second-order valence-corrected chi connectivity index (χ2v) is 4.45. The van der Waals surface area contributed by atoms with Crippen LogP contribution < -0.4 is 5.43 Å². The van der Waals surface area contributed by atoms with Crippen molar-refractivity contribution in [2.24, 2.45) is 0 Å². The first-order chi connectivity index (χ1) is 7.75. The highest BCUT2D eigenvalue weighted by Crippen LogP contribution is 2.20. The maximum Gasteiger partial charge on any atom is 0.142 e. The van der Waals surface area contributed by atoms with Crippen molar-refractivity contribution in [3.05, 3.63) is 35.5 Å². The minimum Gasteiger partial charge on any atom is -0.254 e. The number of nitrogens with zero attached hydrogens (tertiary/aromatic N) is 3. The van der Waals surface area contributed by atoms with Gasteiger partial charge in [0.25, 0.3) is 0 Å². The highest BCUT2D eigenvalue weighted by atomic mass is 32.1. The predicted molar refractivity (Wildman–Crippen MR) is 65.9 cm³/mol. The monoisotopic (exact) mass is 234 g/mol. The fraction of sp³-hybridized carbons (Fsp3) is 0.273. The van der Waals surface area contributed by atoms with Crippen LogP contribution in [0.5, 0.6) is 0 Å². The summed E-state index contributed by atoms with van der Waals surface area (Å²) in [5, 5.41) is 4.94. The number of hydrazine groups is 1. The van der Waals surface area contributed by atoms with Crippen LogP contribution in [0, 0.1) is 0 Å². The molecule has 0 unspecified atom stereocenters. The Labute approximate surface area is 98.9 Å². The van der Waals surface area contributed by atoms with E-state index < -0.39 is 0 Å². The Morgan fingerprint density at radius 3 is 2.94 bits per heavy atom. The lowest BCUT2D eigenvalue weighted by molar-refractivity contribution is 0.284. The molecule has 0 aliphatic heterocycles. The van der Waals surface area contributed by atoms with Gasteiger partial charge in [-0.1, -0.05) is 6.07 Å². The molecule has 2 aromatic rings. The summed E-state index contributed by atoms with van der Waals surface area (Å²) in [6.07, 6.45) is 1.79. The van der Waals surface area contributed by atoms with E-state index in [1.807, 2.05) is 37.3 Å². The van der Waals surface area contributed by atoms with Crippen LogP contribution in [0.1, 0.15) is 5.69 Å². The van der Waals surface area contributed by atoms with E-state index in [2.05, 4.69) is 20.8 Å². The van der Waals surface area contributed by atoms with Gasteiger partial charge in [0, 0.05) is 25.7 Å². The van der Waals surface area contributed by atoms with E-state index in [1.165, 1.54) is 0 Å². The normalized spacial score (nSPS) is 10.9. The molecule has 1 N–H and O–H groups in total. The van der Waals surface area contributed by atoms with Gasteiger partial charge in [0.15, 0.2) is 0 Å². The molecule has 0 aliphatic carbocycles. The summed E-state index contributed by atoms with van der Waals surface area (Å²) < 4.78 is 0. The van der Waals surface area contributed by atoms with Crippen molar-refractivity contribution in [2.45, 2.75) is 6.54 Å². The van der Waals surface area contributed by atoms with Gasteiger partial charge >= 0.3 is 0 Å². The van der Waals surface area contributed by atoms with E-state index in [0.29, 0.717) is 0 Å². The summed E-state index contributed by atoms with van der Waals surface area (Å²) >= 11 is 1.62. The lowest BCUT2D eigenvalue weighted by atomic mass is 10.4. The minimum absolute atomic E-state index is 0.746. The molecule has 0 spiro atoms. The fourth-order valence-electron chi connectivity index (χ4n) is 1.23. The smallest absolute Gasteiger partial charge is 0.142 e. The topological polar surface area (TPSA) is 41.0 Å². The lowest BCUT2D eigenvalue weighted by Gasteiger charge is -2.09. The summed E-state index contributed by atoms with van der Waals surface area (Å²) in [5.74, 6) is 0. The molecule has 2 rings (SSSR count). The average Bonchev–Trinajstić information content (AvgIpc) is 2.76. The van der Waals surface area contributed by atoms with E-state index in [4.69, 9.17) is 0 Å². The van der Waals surface area contributed by atoms with E-state index in [9.17, 15) is 0 Å². The number of thiazole rings is 1. The van der Waals surface area contributed by atoms with Gasteiger partial charge in [-0.2, -0.15) is 0 Å². The molecule has 0 saturated carbocycles. The maximum atomic E-state index is 4.52. The predicted octanol–water partition coefficient (Wildman–Crippen LogP) is 1.77. The Morgan fingerprint density at radius 2 is 2.25 bits per heavy atom. The van der Waals surface area contributed by atoms with Crippen LogP contribution in [0.4, 0.5) is 0 Å². The van der Waals surface area contributed by atoms with E-state index in [-0.39, 0.29) is 0 Å². The quantitative estimate of drug-likeness (QED) is 0.819. The zero-order valence-electron chi connectivity index (χ0n) is 9.34. The number of rotatable bonds is 4. The molecule has 0 aromatic carbocycles. The SMILES string of the molecule is CN(C)NCc1csc(-c2ccccn2)n1. The second kappa shape index (κ2) is 5.16. The van der Waals surface area contributed by atoms with Gasteiger partial charge in [-0.05, 0) is 12.1 Å². The van der Waals surface area contributed by atoms with Crippen molar-refractivity contribution in [1.82, 2.24) is 20.4 Å². The Hall–Kier alpha value is -1.30. The van der Waals surface area contributed by atoms with Crippen molar-refractivity contribution >= 4 is 11.3 Å². The van der Waals surface area contributed by atoms with Crippen LogP contribution in [0.25, 0.3) is 10.7 Å². The minimum atomic E-state index is 0.746. The van der Waals surface area contributed by atoms with Crippen LogP contribution in [0.3, 0.4) is 0 Å². The molecule has 4 nitrogen and oxygen atoms in total. The molecule has 0 aliphatic rings. The Balaban J connectivity index is 2.08. The summed E-state index contributed by atoms with van der Waals surface area (Å²) in [4.78, 5) is 8.79. The Bertz CT molecular complexity index is 438. The largest absolute Gasteiger partial charge is 0.254 e. The summed E-state index contributed by atoms with van der Waals surface area (Å²) in [6.45, 7) is 0.746. The number of aromatic nitrogens is 2. The highest BCUT2D eigenvalue weighted by molar-refractivity contribution is 7.13. The van der Waals surface area contributed by atoms with Crippen molar-refractivity contribution < 1.29 is 0 Å². The Kier molecular flexibility index (Phi) is 3.61. The molecular formula is C11H14N4S. The third-order valence-electron chi connectivity index (χ3n) is 2.01. The van der Waals surface area contributed by atoms with Crippen LogP contribution in [0.15, 0.2) is 29.8 Å². The molecule has 0 bridgehead atoms. The zero-order chi connectivity index (χ0) is 11.4. The van der Waals surface area contributed by atoms with Crippen LogP contribution in [-0.2, 0) is 6.54 Å². The van der Waals surface area contributed by atoms with Crippen molar-refractivity contribution in [3.63, 3.8) is 0 Å². The molecule has 16 heavy (non-hydrogen) atoms. The molecular weight excluding hydrogens is 220 g/mol. The van der Waals surface area contributed by atoms with E-state index >= 15 is 0 Å². The molecule has 0 saturated heterocycles. The third-order valence-corrected chi connectivity index (χ3v) is 2.93. The highest BCUT2D eigenvalue weighted by Gasteiger charge is 2.04. The van der Waals surface area contributed by atoms with Gasteiger partial charge in [-0.25, -0.2) is 10.4 Å². The molecule has 5 heteroatoms.